The zero-order valence-corrected chi connectivity index (χ0v) is 17.6. The van der Waals surface area contributed by atoms with Gasteiger partial charge >= 0.3 is 6.09 Å². The molecule has 3 aromatic rings. The number of aromatic nitrogens is 4. The summed E-state index contributed by atoms with van der Waals surface area (Å²) < 4.78 is 7.43. The Labute approximate surface area is 175 Å². The van der Waals surface area contributed by atoms with Crippen LogP contribution < -0.4 is 0 Å². The number of phenols is 1. The van der Waals surface area contributed by atoms with Gasteiger partial charge in [-0.25, -0.2) is 9.78 Å². The van der Waals surface area contributed by atoms with Crippen molar-refractivity contribution in [1.29, 1.82) is 0 Å². The molecule has 3 heterocycles. The molecule has 1 aliphatic heterocycles. The van der Waals surface area contributed by atoms with Crippen LogP contribution in [0.2, 0.25) is 0 Å². The molecule has 1 N–H and O–H groups in total. The van der Waals surface area contributed by atoms with Crippen molar-refractivity contribution < 1.29 is 14.6 Å². The molecule has 2 aromatic heterocycles. The molecule has 8 heteroatoms. The summed E-state index contributed by atoms with van der Waals surface area (Å²) in [5.41, 5.74) is 2.36. The maximum absolute atomic E-state index is 12.6. The molecule has 1 atom stereocenters. The summed E-state index contributed by atoms with van der Waals surface area (Å²) in [7, 11) is 0. The van der Waals surface area contributed by atoms with Gasteiger partial charge in [0.1, 0.15) is 11.4 Å². The average Bonchev–Trinajstić information content (AvgIpc) is 3.15. The minimum atomic E-state index is -0.513. The van der Waals surface area contributed by atoms with Gasteiger partial charge in [-0.05, 0) is 52.2 Å². The van der Waals surface area contributed by atoms with Gasteiger partial charge in [0.15, 0.2) is 0 Å². The van der Waals surface area contributed by atoms with Gasteiger partial charge in [0.2, 0.25) is 0 Å². The largest absolute Gasteiger partial charge is 0.508 e. The number of aromatic hydroxyl groups is 1. The Morgan fingerprint density at radius 1 is 1.23 bits per heavy atom. The standard InChI is InChI=1S/C22H27N5O3/c1-22(2,3)30-21(29)27-9-5-4-6-16(27)14-26-13-15(11-24-26)20-12-23-18-8-7-17(28)10-19(18)25-20/h7-8,10-13,16,28H,4-6,9,14H2,1-3H3. The molecular formula is C22H27N5O3. The van der Waals surface area contributed by atoms with Crippen molar-refractivity contribution in [3.63, 3.8) is 0 Å². The van der Waals surface area contributed by atoms with E-state index in [1.165, 1.54) is 0 Å². The van der Waals surface area contributed by atoms with Crippen LogP contribution in [0.1, 0.15) is 40.0 Å². The smallest absolute Gasteiger partial charge is 0.410 e. The van der Waals surface area contributed by atoms with Crippen molar-refractivity contribution in [2.24, 2.45) is 0 Å². The highest BCUT2D eigenvalue weighted by atomic mass is 16.6. The number of benzene rings is 1. The van der Waals surface area contributed by atoms with E-state index in [4.69, 9.17) is 4.74 Å². The molecule has 30 heavy (non-hydrogen) atoms. The van der Waals surface area contributed by atoms with Crippen molar-refractivity contribution in [3.05, 3.63) is 36.8 Å². The quantitative estimate of drug-likeness (QED) is 0.703. The zero-order chi connectivity index (χ0) is 21.3. The Kier molecular flexibility index (Phi) is 5.32. The first-order valence-electron chi connectivity index (χ1n) is 10.3. The van der Waals surface area contributed by atoms with Crippen LogP contribution in [0.4, 0.5) is 4.79 Å². The molecule has 0 bridgehead atoms. The first kappa shape index (κ1) is 20.1. The number of rotatable bonds is 3. The van der Waals surface area contributed by atoms with Crippen molar-refractivity contribution in [1.82, 2.24) is 24.6 Å². The summed E-state index contributed by atoms with van der Waals surface area (Å²) in [5, 5.41) is 14.2. The van der Waals surface area contributed by atoms with Crippen LogP contribution in [0.25, 0.3) is 22.3 Å². The minimum Gasteiger partial charge on any atom is -0.508 e. The van der Waals surface area contributed by atoms with Gasteiger partial charge in [0, 0.05) is 24.4 Å². The second-order valence-electron chi connectivity index (χ2n) is 8.70. The number of likely N-dealkylation sites (tertiary alicyclic amines) is 1. The van der Waals surface area contributed by atoms with Gasteiger partial charge in [-0.3, -0.25) is 9.67 Å². The van der Waals surface area contributed by atoms with Crippen molar-refractivity contribution in [2.45, 2.75) is 58.2 Å². The van der Waals surface area contributed by atoms with Gasteiger partial charge < -0.3 is 14.7 Å². The fraction of sp³-hybridized carbons (Fsp3) is 0.455. The molecule has 1 fully saturated rings. The molecule has 1 unspecified atom stereocenters. The van der Waals surface area contributed by atoms with Gasteiger partial charge in [0.05, 0.1) is 41.7 Å². The summed E-state index contributed by atoms with van der Waals surface area (Å²) >= 11 is 0. The Bertz CT molecular complexity index is 1060. The highest BCUT2D eigenvalue weighted by Crippen LogP contribution is 2.24. The number of fused-ring (bicyclic) bond motifs is 1. The van der Waals surface area contributed by atoms with E-state index in [1.807, 2.05) is 36.5 Å². The van der Waals surface area contributed by atoms with Crippen LogP contribution in [0, 0.1) is 0 Å². The van der Waals surface area contributed by atoms with Crippen LogP contribution in [-0.2, 0) is 11.3 Å². The topological polar surface area (TPSA) is 93.4 Å². The van der Waals surface area contributed by atoms with E-state index < -0.39 is 5.60 Å². The first-order valence-corrected chi connectivity index (χ1v) is 10.3. The van der Waals surface area contributed by atoms with Crippen molar-refractivity contribution >= 4 is 17.1 Å². The molecule has 0 aliphatic carbocycles. The lowest BCUT2D eigenvalue weighted by Gasteiger charge is -2.36. The molecule has 0 saturated carbocycles. The molecule has 158 valence electrons. The Hall–Kier alpha value is -3.16. The second-order valence-corrected chi connectivity index (χ2v) is 8.70. The second kappa shape index (κ2) is 7.93. The fourth-order valence-electron chi connectivity index (χ4n) is 3.70. The molecule has 0 radical (unpaired) electrons. The van der Waals surface area contributed by atoms with E-state index in [0.29, 0.717) is 24.3 Å². The van der Waals surface area contributed by atoms with E-state index in [1.54, 1.807) is 30.6 Å². The Morgan fingerprint density at radius 2 is 2.07 bits per heavy atom. The maximum atomic E-state index is 12.6. The summed E-state index contributed by atoms with van der Waals surface area (Å²) in [4.78, 5) is 23.5. The summed E-state index contributed by atoms with van der Waals surface area (Å²) in [6, 6.07) is 4.96. The number of phenolic OH excluding ortho intramolecular Hbond substituents is 1. The van der Waals surface area contributed by atoms with E-state index >= 15 is 0 Å². The summed E-state index contributed by atoms with van der Waals surface area (Å²) in [5.74, 6) is 0.157. The molecule has 8 nitrogen and oxygen atoms in total. The Morgan fingerprint density at radius 3 is 2.87 bits per heavy atom. The third-order valence-electron chi connectivity index (χ3n) is 5.11. The lowest BCUT2D eigenvalue weighted by atomic mass is 10.0. The van der Waals surface area contributed by atoms with Crippen LogP contribution in [-0.4, -0.2) is 54.0 Å². The van der Waals surface area contributed by atoms with Crippen molar-refractivity contribution in [2.75, 3.05) is 6.54 Å². The average molecular weight is 409 g/mol. The number of carbonyl (C=O) groups is 1. The van der Waals surface area contributed by atoms with Crippen LogP contribution in [0.3, 0.4) is 0 Å². The normalized spacial score (nSPS) is 17.3. The van der Waals surface area contributed by atoms with E-state index in [9.17, 15) is 9.90 Å². The third-order valence-corrected chi connectivity index (χ3v) is 5.11. The number of ether oxygens (including phenoxy) is 1. The molecule has 1 saturated heterocycles. The molecule has 1 amide bonds. The van der Waals surface area contributed by atoms with Crippen LogP contribution in [0.5, 0.6) is 5.75 Å². The molecular weight excluding hydrogens is 382 g/mol. The van der Waals surface area contributed by atoms with Gasteiger partial charge in [0.25, 0.3) is 0 Å². The first-order chi connectivity index (χ1) is 14.3. The predicted octanol–water partition coefficient (Wildman–Crippen LogP) is 3.99. The van der Waals surface area contributed by atoms with Crippen molar-refractivity contribution in [3.8, 4) is 17.0 Å². The third kappa shape index (κ3) is 4.53. The summed E-state index contributed by atoms with van der Waals surface area (Å²) in [6.07, 6.45) is 8.09. The number of carbonyl (C=O) groups excluding carboxylic acids is 1. The number of amides is 1. The number of hydrogen-bond donors (Lipinski definition) is 1. The fourth-order valence-corrected chi connectivity index (χ4v) is 3.70. The predicted molar refractivity (Wildman–Crippen MR) is 113 cm³/mol. The van der Waals surface area contributed by atoms with E-state index in [-0.39, 0.29) is 17.9 Å². The van der Waals surface area contributed by atoms with Gasteiger partial charge in [-0.15, -0.1) is 0 Å². The highest BCUT2D eigenvalue weighted by Gasteiger charge is 2.30. The summed E-state index contributed by atoms with van der Waals surface area (Å²) in [6.45, 7) is 6.95. The van der Waals surface area contributed by atoms with Gasteiger partial charge in [-0.1, -0.05) is 0 Å². The Balaban J connectivity index is 1.51. The highest BCUT2D eigenvalue weighted by molar-refractivity contribution is 5.78. The maximum Gasteiger partial charge on any atom is 0.410 e. The van der Waals surface area contributed by atoms with E-state index in [0.717, 1.165) is 30.3 Å². The molecule has 4 rings (SSSR count). The zero-order valence-electron chi connectivity index (χ0n) is 17.6. The number of hydrogen-bond acceptors (Lipinski definition) is 6. The lowest BCUT2D eigenvalue weighted by molar-refractivity contribution is 0.00740. The van der Waals surface area contributed by atoms with Gasteiger partial charge in [-0.2, -0.15) is 5.10 Å². The lowest BCUT2D eigenvalue weighted by Crippen LogP contribution is -2.47. The van der Waals surface area contributed by atoms with Crippen LogP contribution >= 0.6 is 0 Å². The number of nitrogens with zero attached hydrogens (tertiary/aromatic N) is 5. The SMILES string of the molecule is CC(C)(C)OC(=O)N1CCCCC1Cn1cc(-c2cnc3ccc(O)cc3n2)cn1. The molecule has 0 spiro atoms. The molecule has 1 aliphatic rings. The molecule has 1 aromatic carbocycles. The minimum absolute atomic E-state index is 0.0426. The number of piperidine rings is 1. The van der Waals surface area contributed by atoms with E-state index in [2.05, 4.69) is 15.1 Å². The monoisotopic (exact) mass is 409 g/mol. The van der Waals surface area contributed by atoms with Crippen LogP contribution in [0.15, 0.2) is 36.8 Å².